The quantitative estimate of drug-likeness (QED) is 0.437. The summed E-state index contributed by atoms with van der Waals surface area (Å²) < 4.78 is 33.7. The standard InChI is InChI=1S/C24H25BrN2O4S/c1-3-27(32(29,30)23-10-5-4-6-11-23)21-12-14-22(15-13-21)31-17-24(28)26-18(2)19-8-7-9-20(25)16-19/h4-16,18H,3,17H2,1-2H3,(H,26,28)/t18-/m0/s1. The fourth-order valence-corrected chi connectivity index (χ4v) is 5.12. The zero-order chi connectivity index (χ0) is 23.1. The second-order valence-electron chi connectivity index (χ2n) is 7.11. The third kappa shape index (κ3) is 5.89. The topological polar surface area (TPSA) is 75.7 Å². The van der Waals surface area contributed by atoms with Crippen molar-refractivity contribution in [2.45, 2.75) is 24.8 Å². The van der Waals surface area contributed by atoms with Gasteiger partial charge in [0, 0.05) is 11.0 Å². The minimum atomic E-state index is -3.66. The molecule has 3 rings (SSSR count). The summed E-state index contributed by atoms with van der Waals surface area (Å²) in [6.07, 6.45) is 0. The molecule has 1 atom stereocenters. The van der Waals surface area contributed by atoms with Gasteiger partial charge in [-0.1, -0.05) is 46.3 Å². The Bertz CT molecular complexity index is 1150. The number of benzene rings is 3. The normalized spacial score (nSPS) is 12.1. The summed E-state index contributed by atoms with van der Waals surface area (Å²) in [7, 11) is -3.66. The lowest BCUT2D eigenvalue weighted by Gasteiger charge is -2.23. The van der Waals surface area contributed by atoms with E-state index in [0.29, 0.717) is 11.4 Å². The predicted molar refractivity (Wildman–Crippen MR) is 129 cm³/mol. The van der Waals surface area contributed by atoms with Gasteiger partial charge in [0.1, 0.15) is 5.75 Å². The molecule has 0 heterocycles. The molecule has 6 nitrogen and oxygen atoms in total. The molecule has 0 aromatic heterocycles. The number of ether oxygens (including phenoxy) is 1. The maximum absolute atomic E-state index is 12.9. The minimum Gasteiger partial charge on any atom is -0.484 e. The molecule has 0 aliphatic rings. The third-order valence-corrected chi connectivity index (χ3v) is 7.25. The Kier molecular flexibility index (Phi) is 7.93. The SMILES string of the molecule is CCN(c1ccc(OCC(=O)N[C@@H](C)c2cccc(Br)c2)cc1)S(=O)(=O)c1ccccc1. The van der Waals surface area contributed by atoms with E-state index >= 15 is 0 Å². The van der Waals surface area contributed by atoms with Crippen molar-refractivity contribution < 1.29 is 17.9 Å². The Morgan fingerprint density at radius 2 is 1.72 bits per heavy atom. The Balaban J connectivity index is 1.61. The zero-order valence-corrected chi connectivity index (χ0v) is 20.3. The van der Waals surface area contributed by atoms with E-state index in [-0.39, 0.29) is 30.0 Å². The van der Waals surface area contributed by atoms with Crippen LogP contribution in [0.3, 0.4) is 0 Å². The number of nitrogens with zero attached hydrogens (tertiary/aromatic N) is 1. The van der Waals surface area contributed by atoms with Crippen LogP contribution in [0.2, 0.25) is 0 Å². The van der Waals surface area contributed by atoms with Crippen LogP contribution in [0.15, 0.2) is 88.2 Å². The smallest absolute Gasteiger partial charge is 0.264 e. The lowest BCUT2D eigenvalue weighted by atomic mass is 10.1. The average Bonchev–Trinajstić information content (AvgIpc) is 2.79. The molecule has 168 valence electrons. The highest BCUT2D eigenvalue weighted by Crippen LogP contribution is 2.25. The Morgan fingerprint density at radius 3 is 2.34 bits per heavy atom. The van der Waals surface area contributed by atoms with Gasteiger partial charge in [0.15, 0.2) is 6.61 Å². The lowest BCUT2D eigenvalue weighted by molar-refractivity contribution is -0.123. The Hall–Kier alpha value is -2.84. The summed E-state index contributed by atoms with van der Waals surface area (Å²) in [5, 5.41) is 2.90. The van der Waals surface area contributed by atoms with Crippen LogP contribution in [0.4, 0.5) is 5.69 Å². The van der Waals surface area contributed by atoms with Crippen LogP contribution < -0.4 is 14.4 Å². The van der Waals surface area contributed by atoms with E-state index in [1.807, 2.05) is 31.2 Å². The third-order valence-electron chi connectivity index (χ3n) is 4.84. The van der Waals surface area contributed by atoms with E-state index in [1.54, 1.807) is 61.5 Å². The molecule has 0 bridgehead atoms. The van der Waals surface area contributed by atoms with E-state index in [2.05, 4.69) is 21.2 Å². The highest BCUT2D eigenvalue weighted by Gasteiger charge is 2.23. The summed E-state index contributed by atoms with van der Waals surface area (Å²) in [5.74, 6) is 0.232. The van der Waals surface area contributed by atoms with Crippen molar-refractivity contribution >= 4 is 37.5 Å². The van der Waals surface area contributed by atoms with Crippen LogP contribution >= 0.6 is 15.9 Å². The van der Waals surface area contributed by atoms with Crippen molar-refractivity contribution in [3.05, 3.63) is 88.9 Å². The van der Waals surface area contributed by atoms with Crippen LogP contribution in [0.5, 0.6) is 5.75 Å². The molecule has 32 heavy (non-hydrogen) atoms. The number of amides is 1. The molecule has 3 aromatic carbocycles. The van der Waals surface area contributed by atoms with Crippen LogP contribution in [-0.2, 0) is 14.8 Å². The number of sulfonamides is 1. The fourth-order valence-electron chi connectivity index (χ4n) is 3.21. The van der Waals surface area contributed by atoms with Gasteiger partial charge in [-0.3, -0.25) is 9.10 Å². The molecule has 0 saturated heterocycles. The number of carbonyl (C=O) groups excluding carboxylic acids is 1. The van der Waals surface area contributed by atoms with Gasteiger partial charge in [0.2, 0.25) is 0 Å². The monoisotopic (exact) mass is 516 g/mol. The Morgan fingerprint density at radius 1 is 1.03 bits per heavy atom. The number of hydrogen-bond acceptors (Lipinski definition) is 4. The molecule has 0 aliphatic carbocycles. The minimum absolute atomic E-state index is 0.141. The molecule has 0 radical (unpaired) electrons. The van der Waals surface area contributed by atoms with Gasteiger partial charge in [-0.05, 0) is 67.9 Å². The van der Waals surface area contributed by atoms with Gasteiger partial charge in [-0.15, -0.1) is 0 Å². The van der Waals surface area contributed by atoms with Gasteiger partial charge in [0.05, 0.1) is 16.6 Å². The number of nitrogens with one attached hydrogen (secondary N) is 1. The van der Waals surface area contributed by atoms with Crippen LogP contribution in [0.1, 0.15) is 25.5 Å². The number of carbonyl (C=O) groups is 1. The van der Waals surface area contributed by atoms with Gasteiger partial charge in [-0.2, -0.15) is 0 Å². The number of rotatable bonds is 9. The molecule has 1 N–H and O–H groups in total. The highest BCUT2D eigenvalue weighted by atomic mass is 79.9. The van der Waals surface area contributed by atoms with E-state index in [9.17, 15) is 13.2 Å². The number of hydrogen-bond donors (Lipinski definition) is 1. The van der Waals surface area contributed by atoms with Crippen molar-refractivity contribution in [1.29, 1.82) is 0 Å². The molecule has 3 aromatic rings. The van der Waals surface area contributed by atoms with Crippen molar-refractivity contribution in [1.82, 2.24) is 5.32 Å². The molecule has 0 saturated carbocycles. The summed E-state index contributed by atoms with van der Waals surface area (Å²) >= 11 is 3.43. The van der Waals surface area contributed by atoms with Crippen LogP contribution in [0.25, 0.3) is 0 Å². The average molecular weight is 517 g/mol. The lowest BCUT2D eigenvalue weighted by Crippen LogP contribution is -2.31. The molecular formula is C24H25BrN2O4S. The summed E-state index contributed by atoms with van der Waals surface area (Å²) in [4.78, 5) is 12.5. The first-order chi connectivity index (χ1) is 15.3. The molecule has 8 heteroatoms. The van der Waals surface area contributed by atoms with E-state index in [4.69, 9.17) is 4.74 Å². The number of anilines is 1. The largest absolute Gasteiger partial charge is 0.484 e. The maximum Gasteiger partial charge on any atom is 0.264 e. The second-order valence-corrected chi connectivity index (χ2v) is 9.89. The predicted octanol–water partition coefficient (Wildman–Crippen LogP) is 4.92. The maximum atomic E-state index is 12.9. The van der Waals surface area contributed by atoms with Crippen molar-refractivity contribution in [2.75, 3.05) is 17.5 Å². The molecule has 0 aliphatic heterocycles. The van der Waals surface area contributed by atoms with Gasteiger partial charge in [-0.25, -0.2) is 8.42 Å². The molecular weight excluding hydrogens is 492 g/mol. The molecule has 0 unspecified atom stereocenters. The van der Waals surface area contributed by atoms with Gasteiger partial charge < -0.3 is 10.1 Å². The molecule has 0 fully saturated rings. The number of halogens is 1. The van der Waals surface area contributed by atoms with Crippen molar-refractivity contribution in [2.24, 2.45) is 0 Å². The molecule has 1 amide bonds. The van der Waals surface area contributed by atoms with E-state index in [0.717, 1.165) is 10.0 Å². The van der Waals surface area contributed by atoms with Crippen LogP contribution in [0, 0.1) is 0 Å². The summed E-state index contributed by atoms with van der Waals surface area (Å²) in [6, 6.07) is 22.5. The van der Waals surface area contributed by atoms with E-state index < -0.39 is 10.0 Å². The first kappa shape index (κ1) is 23.8. The Labute approximate surface area is 197 Å². The van der Waals surface area contributed by atoms with E-state index in [1.165, 1.54) is 4.31 Å². The van der Waals surface area contributed by atoms with Gasteiger partial charge in [0.25, 0.3) is 15.9 Å². The van der Waals surface area contributed by atoms with Crippen LogP contribution in [-0.4, -0.2) is 27.5 Å². The highest BCUT2D eigenvalue weighted by molar-refractivity contribution is 9.10. The van der Waals surface area contributed by atoms with Crippen molar-refractivity contribution in [3.63, 3.8) is 0 Å². The summed E-state index contributed by atoms with van der Waals surface area (Å²) in [6.45, 7) is 3.83. The fraction of sp³-hybridized carbons (Fsp3) is 0.208. The first-order valence-electron chi connectivity index (χ1n) is 10.2. The summed E-state index contributed by atoms with van der Waals surface area (Å²) in [5.41, 5.74) is 1.51. The second kappa shape index (κ2) is 10.7. The van der Waals surface area contributed by atoms with Gasteiger partial charge >= 0.3 is 0 Å². The van der Waals surface area contributed by atoms with Crippen molar-refractivity contribution in [3.8, 4) is 5.75 Å². The zero-order valence-electron chi connectivity index (χ0n) is 17.9. The first-order valence-corrected chi connectivity index (χ1v) is 12.4. The molecule has 0 spiro atoms.